The van der Waals surface area contributed by atoms with Gasteiger partial charge in [0.15, 0.2) is 0 Å². The lowest BCUT2D eigenvalue weighted by atomic mass is 10.2. The molecule has 1 N–H and O–H groups in total. The highest BCUT2D eigenvalue weighted by atomic mass is 16.5. The topological polar surface area (TPSA) is 70.8 Å². The number of amides is 1. The van der Waals surface area contributed by atoms with Crippen molar-refractivity contribution in [2.24, 2.45) is 0 Å². The summed E-state index contributed by atoms with van der Waals surface area (Å²) < 4.78 is 7.04. The normalized spacial score (nSPS) is 19.1. The Hall–Kier alpha value is -1.44. The van der Waals surface area contributed by atoms with Crippen molar-refractivity contribution in [2.75, 3.05) is 45.9 Å². The number of aromatic nitrogens is 2. The van der Waals surface area contributed by atoms with Crippen molar-refractivity contribution in [3.63, 3.8) is 0 Å². The van der Waals surface area contributed by atoms with Crippen LogP contribution in [0.15, 0.2) is 18.7 Å². The molecule has 0 spiro atoms. The molecule has 1 aliphatic rings. The number of hydrogen-bond donors (Lipinski definition) is 1. The summed E-state index contributed by atoms with van der Waals surface area (Å²) in [4.78, 5) is 20.5. The Kier molecular flexibility index (Phi) is 6.35. The van der Waals surface area contributed by atoms with E-state index in [-0.39, 0.29) is 11.9 Å². The quantitative estimate of drug-likeness (QED) is 0.767. The smallest absolute Gasteiger partial charge is 0.245 e. The van der Waals surface area contributed by atoms with Gasteiger partial charge in [-0.1, -0.05) is 0 Å². The van der Waals surface area contributed by atoms with E-state index in [0.29, 0.717) is 32.8 Å². The summed E-state index contributed by atoms with van der Waals surface area (Å²) >= 11 is 0. The van der Waals surface area contributed by atoms with Crippen molar-refractivity contribution in [2.45, 2.75) is 26.0 Å². The first-order valence-electron chi connectivity index (χ1n) is 7.86. The van der Waals surface area contributed by atoms with E-state index >= 15 is 0 Å². The van der Waals surface area contributed by atoms with Crippen LogP contribution in [0.2, 0.25) is 0 Å². The highest BCUT2D eigenvalue weighted by molar-refractivity contribution is 5.80. The lowest BCUT2D eigenvalue weighted by molar-refractivity contribution is -0.136. The molecule has 1 aromatic heterocycles. The average molecular weight is 310 g/mol. The fourth-order valence-electron chi connectivity index (χ4n) is 2.65. The van der Waals surface area contributed by atoms with Crippen molar-refractivity contribution in [1.29, 1.82) is 0 Å². The maximum Gasteiger partial charge on any atom is 0.245 e. The van der Waals surface area contributed by atoms with Crippen LogP contribution in [0.3, 0.4) is 0 Å². The second-order valence-corrected chi connectivity index (χ2v) is 5.63. The predicted octanol–water partition coefficient (Wildman–Crippen LogP) is -0.0143. The number of ether oxygens (including phenoxy) is 1. The third kappa shape index (κ3) is 4.53. The summed E-state index contributed by atoms with van der Waals surface area (Å²) in [6.45, 7) is 8.34. The van der Waals surface area contributed by atoms with Gasteiger partial charge in [0.2, 0.25) is 5.91 Å². The zero-order valence-corrected chi connectivity index (χ0v) is 13.4. The van der Waals surface area contributed by atoms with E-state index in [9.17, 15) is 9.90 Å². The standard InChI is InChI=1S/C15H26N4O3/c1-3-22-11-14(20)10-17-6-8-18(9-7-17)15(21)13(2)19-5-4-16-12-19/h4-5,12-14,20H,3,6-11H2,1-2H3/t13-,14+/m1/s1. The molecule has 2 atom stereocenters. The number of rotatable bonds is 7. The number of hydrogen-bond acceptors (Lipinski definition) is 5. The molecular weight excluding hydrogens is 284 g/mol. The molecule has 7 nitrogen and oxygen atoms in total. The fraction of sp³-hybridized carbons (Fsp3) is 0.733. The van der Waals surface area contributed by atoms with E-state index < -0.39 is 6.10 Å². The molecule has 22 heavy (non-hydrogen) atoms. The molecule has 124 valence electrons. The van der Waals surface area contributed by atoms with E-state index in [0.717, 1.165) is 13.1 Å². The van der Waals surface area contributed by atoms with Gasteiger partial charge in [0, 0.05) is 51.7 Å². The first-order chi connectivity index (χ1) is 10.6. The Morgan fingerprint density at radius 2 is 2.09 bits per heavy atom. The van der Waals surface area contributed by atoms with Gasteiger partial charge in [-0.05, 0) is 13.8 Å². The van der Waals surface area contributed by atoms with E-state index in [4.69, 9.17) is 4.74 Å². The van der Waals surface area contributed by atoms with Gasteiger partial charge in [-0.3, -0.25) is 9.69 Å². The highest BCUT2D eigenvalue weighted by Crippen LogP contribution is 2.12. The summed E-state index contributed by atoms with van der Waals surface area (Å²) in [5, 5.41) is 9.86. The number of aliphatic hydroxyl groups excluding tert-OH is 1. The van der Waals surface area contributed by atoms with Crippen molar-refractivity contribution < 1.29 is 14.6 Å². The molecule has 7 heteroatoms. The van der Waals surface area contributed by atoms with Gasteiger partial charge in [0.05, 0.1) is 19.0 Å². The molecule has 0 aromatic carbocycles. The van der Waals surface area contributed by atoms with Gasteiger partial charge < -0.3 is 19.3 Å². The van der Waals surface area contributed by atoms with Crippen LogP contribution in [-0.2, 0) is 9.53 Å². The maximum atomic E-state index is 12.5. The molecule has 0 unspecified atom stereocenters. The Morgan fingerprint density at radius 3 is 2.68 bits per heavy atom. The summed E-state index contributed by atoms with van der Waals surface area (Å²) in [7, 11) is 0. The molecule has 0 bridgehead atoms. The zero-order chi connectivity index (χ0) is 15.9. The third-order valence-electron chi connectivity index (χ3n) is 4.00. The number of nitrogens with zero attached hydrogens (tertiary/aromatic N) is 4. The van der Waals surface area contributed by atoms with Gasteiger partial charge in [-0.15, -0.1) is 0 Å². The van der Waals surface area contributed by atoms with Crippen LogP contribution in [0.5, 0.6) is 0 Å². The third-order valence-corrected chi connectivity index (χ3v) is 4.00. The minimum absolute atomic E-state index is 0.118. The largest absolute Gasteiger partial charge is 0.389 e. The first-order valence-corrected chi connectivity index (χ1v) is 7.86. The van der Waals surface area contributed by atoms with Crippen LogP contribution in [0.4, 0.5) is 0 Å². The van der Waals surface area contributed by atoms with Gasteiger partial charge >= 0.3 is 0 Å². The Labute approximate surface area is 131 Å². The van der Waals surface area contributed by atoms with Gasteiger partial charge in [-0.25, -0.2) is 4.98 Å². The summed E-state index contributed by atoms with van der Waals surface area (Å²) in [6.07, 6.45) is 4.69. The second kappa shape index (κ2) is 8.26. The van der Waals surface area contributed by atoms with Crippen molar-refractivity contribution in [3.05, 3.63) is 18.7 Å². The van der Waals surface area contributed by atoms with Crippen molar-refractivity contribution in [1.82, 2.24) is 19.4 Å². The molecular formula is C15H26N4O3. The second-order valence-electron chi connectivity index (χ2n) is 5.63. The SMILES string of the molecule is CCOC[C@@H](O)CN1CCN(C(=O)[C@@H](C)n2ccnc2)CC1. The molecule has 1 fully saturated rings. The number of carbonyl (C=O) groups is 1. The number of β-amino-alcohol motifs (C(OH)–C–C–N with tert-alkyl or cyclic N) is 1. The molecule has 1 amide bonds. The summed E-state index contributed by atoms with van der Waals surface area (Å²) in [5.41, 5.74) is 0. The number of carbonyl (C=O) groups excluding carboxylic acids is 1. The van der Waals surface area contributed by atoms with Gasteiger partial charge in [0.1, 0.15) is 6.04 Å². The molecule has 0 radical (unpaired) electrons. The Bertz CT molecular complexity index is 444. The summed E-state index contributed by atoms with van der Waals surface area (Å²) in [6, 6.07) is -0.224. The molecule has 0 aliphatic carbocycles. The zero-order valence-electron chi connectivity index (χ0n) is 13.4. The van der Waals surface area contributed by atoms with Gasteiger partial charge in [0.25, 0.3) is 0 Å². The number of piperazine rings is 1. The molecule has 1 saturated heterocycles. The van der Waals surface area contributed by atoms with Crippen LogP contribution in [0.25, 0.3) is 0 Å². The monoisotopic (exact) mass is 310 g/mol. The first kappa shape index (κ1) is 16.9. The molecule has 1 aromatic rings. The van der Waals surface area contributed by atoms with E-state index in [1.54, 1.807) is 12.5 Å². The highest BCUT2D eigenvalue weighted by Gasteiger charge is 2.26. The van der Waals surface area contributed by atoms with E-state index in [1.807, 2.05) is 29.5 Å². The van der Waals surface area contributed by atoms with Gasteiger partial charge in [-0.2, -0.15) is 0 Å². The van der Waals surface area contributed by atoms with Crippen LogP contribution >= 0.6 is 0 Å². The number of aliphatic hydroxyl groups is 1. The number of imidazole rings is 1. The molecule has 1 aliphatic heterocycles. The summed E-state index contributed by atoms with van der Waals surface area (Å²) in [5.74, 6) is 0.118. The van der Waals surface area contributed by atoms with Crippen molar-refractivity contribution in [3.8, 4) is 0 Å². The fourth-order valence-corrected chi connectivity index (χ4v) is 2.65. The van der Waals surface area contributed by atoms with Crippen LogP contribution in [-0.4, -0.2) is 82.4 Å². The minimum atomic E-state index is -0.466. The van der Waals surface area contributed by atoms with E-state index in [2.05, 4.69) is 9.88 Å². The average Bonchev–Trinajstić information content (AvgIpc) is 3.06. The van der Waals surface area contributed by atoms with Crippen molar-refractivity contribution >= 4 is 5.91 Å². The van der Waals surface area contributed by atoms with Crippen LogP contribution in [0, 0.1) is 0 Å². The molecule has 2 heterocycles. The van der Waals surface area contributed by atoms with E-state index in [1.165, 1.54) is 0 Å². The predicted molar refractivity (Wildman–Crippen MR) is 82.5 cm³/mol. The van der Waals surface area contributed by atoms with Crippen LogP contribution < -0.4 is 0 Å². The minimum Gasteiger partial charge on any atom is -0.389 e. The maximum absolute atomic E-state index is 12.5. The lowest BCUT2D eigenvalue weighted by Gasteiger charge is -2.36. The Morgan fingerprint density at radius 1 is 1.36 bits per heavy atom. The van der Waals surface area contributed by atoms with Crippen LogP contribution in [0.1, 0.15) is 19.9 Å². The molecule has 2 rings (SSSR count). The Balaban J connectivity index is 1.76. The lowest BCUT2D eigenvalue weighted by Crippen LogP contribution is -2.52. The molecule has 0 saturated carbocycles.